The number of aromatic nitrogens is 3. The Bertz CT molecular complexity index is 804. The zero-order valence-corrected chi connectivity index (χ0v) is 16.0. The summed E-state index contributed by atoms with van der Waals surface area (Å²) < 4.78 is 1.78. The Morgan fingerprint density at radius 3 is 2.81 bits per heavy atom. The molecule has 0 spiro atoms. The molecule has 1 aromatic heterocycles. The lowest BCUT2D eigenvalue weighted by Crippen LogP contribution is -2.39. The first-order valence-electron chi connectivity index (χ1n) is 8.38. The lowest BCUT2D eigenvalue weighted by molar-refractivity contribution is -0.131. The molecule has 7 nitrogen and oxygen atoms in total. The Morgan fingerprint density at radius 2 is 2.08 bits per heavy atom. The van der Waals surface area contributed by atoms with E-state index in [9.17, 15) is 9.59 Å². The summed E-state index contributed by atoms with van der Waals surface area (Å²) in [6.45, 7) is 3.54. The van der Waals surface area contributed by atoms with Crippen molar-refractivity contribution < 1.29 is 9.59 Å². The van der Waals surface area contributed by atoms with E-state index in [1.54, 1.807) is 15.8 Å². The van der Waals surface area contributed by atoms with Gasteiger partial charge < -0.3 is 10.2 Å². The topological polar surface area (TPSA) is 80.1 Å². The van der Waals surface area contributed by atoms with Gasteiger partial charge in [0.1, 0.15) is 6.33 Å². The highest BCUT2D eigenvalue weighted by Crippen LogP contribution is 2.23. The average molecular weight is 394 g/mol. The molecule has 1 saturated heterocycles. The molecule has 138 valence electrons. The van der Waals surface area contributed by atoms with Crippen LogP contribution in [0.25, 0.3) is 5.69 Å². The van der Waals surface area contributed by atoms with E-state index in [1.165, 1.54) is 11.8 Å². The van der Waals surface area contributed by atoms with Crippen molar-refractivity contribution in [3.8, 4) is 5.69 Å². The first-order chi connectivity index (χ1) is 12.5. The number of hydrogen-bond donors (Lipinski definition) is 1. The van der Waals surface area contributed by atoms with Crippen LogP contribution in [0.1, 0.15) is 18.4 Å². The summed E-state index contributed by atoms with van der Waals surface area (Å²) in [6.07, 6.45) is 3.65. The van der Waals surface area contributed by atoms with Gasteiger partial charge in [0.2, 0.25) is 11.8 Å². The van der Waals surface area contributed by atoms with E-state index in [4.69, 9.17) is 11.6 Å². The van der Waals surface area contributed by atoms with E-state index in [-0.39, 0.29) is 24.1 Å². The van der Waals surface area contributed by atoms with Crippen LogP contribution in [-0.2, 0) is 9.59 Å². The molecule has 2 amide bonds. The minimum absolute atomic E-state index is 0.0293. The molecule has 1 N–H and O–H groups in total. The molecule has 0 unspecified atom stereocenters. The fourth-order valence-corrected chi connectivity index (χ4v) is 3.60. The van der Waals surface area contributed by atoms with Crippen molar-refractivity contribution in [2.75, 3.05) is 25.4 Å². The predicted octanol–water partition coefficient (Wildman–Crippen LogP) is 2.06. The van der Waals surface area contributed by atoms with Crippen LogP contribution in [0.15, 0.2) is 29.7 Å². The number of amides is 2. The number of carbonyl (C=O) groups is 2. The van der Waals surface area contributed by atoms with E-state index >= 15 is 0 Å². The fourth-order valence-electron chi connectivity index (χ4n) is 2.67. The van der Waals surface area contributed by atoms with Crippen molar-refractivity contribution in [2.45, 2.75) is 24.9 Å². The van der Waals surface area contributed by atoms with E-state index in [1.807, 2.05) is 25.1 Å². The largest absolute Gasteiger partial charge is 0.346 e. The molecule has 0 saturated carbocycles. The van der Waals surface area contributed by atoms with Gasteiger partial charge in [-0.2, -0.15) is 0 Å². The molecule has 1 aromatic carbocycles. The highest BCUT2D eigenvalue weighted by molar-refractivity contribution is 7.99. The monoisotopic (exact) mass is 393 g/mol. The van der Waals surface area contributed by atoms with Crippen LogP contribution in [0.5, 0.6) is 0 Å². The Kier molecular flexibility index (Phi) is 6.16. The molecule has 0 radical (unpaired) electrons. The predicted molar refractivity (Wildman–Crippen MR) is 101 cm³/mol. The molecule has 3 rings (SSSR count). The molecule has 0 bridgehead atoms. The average Bonchev–Trinajstić information content (AvgIpc) is 3.32. The maximum atomic E-state index is 12.0. The number of nitrogens with zero attached hydrogens (tertiary/aromatic N) is 4. The highest BCUT2D eigenvalue weighted by Gasteiger charge is 2.18. The molecule has 0 aliphatic carbocycles. The Balaban J connectivity index is 1.53. The van der Waals surface area contributed by atoms with Crippen LogP contribution < -0.4 is 5.32 Å². The number of thioether (sulfide) groups is 1. The van der Waals surface area contributed by atoms with Crippen molar-refractivity contribution in [3.63, 3.8) is 0 Å². The summed E-state index contributed by atoms with van der Waals surface area (Å²) in [7, 11) is 0. The van der Waals surface area contributed by atoms with Crippen LogP contribution in [0.2, 0.25) is 5.02 Å². The number of nitrogens with one attached hydrogen (secondary N) is 1. The number of hydrogen-bond acceptors (Lipinski definition) is 5. The standard InChI is InChI=1S/C17H20ClN5O2S/c1-12-4-5-13(8-14(12)18)23-11-20-21-17(23)26-10-15(24)19-9-16(25)22-6-2-3-7-22/h4-5,8,11H,2-3,6-7,9-10H2,1H3,(H,19,24). The third kappa shape index (κ3) is 4.56. The molecule has 2 aromatic rings. The van der Waals surface area contributed by atoms with Crippen molar-refractivity contribution in [3.05, 3.63) is 35.1 Å². The molecule has 1 fully saturated rings. The maximum Gasteiger partial charge on any atom is 0.241 e. The number of likely N-dealkylation sites (tertiary alicyclic amines) is 1. The third-order valence-corrected chi connectivity index (χ3v) is 5.53. The molecule has 1 aliphatic rings. The minimum Gasteiger partial charge on any atom is -0.346 e. The van der Waals surface area contributed by atoms with Crippen molar-refractivity contribution >= 4 is 35.2 Å². The first kappa shape index (κ1) is 18.7. The summed E-state index contributed by atoms with van der Waals surface area (Å²) in [5, 5.41) is 11.9. The second-order valence-corrected chi connectivity index (χ2v) is 7.42. The summed E-state index contributed by atoms with van der Waals surface area (Å²) in [4.78, 5) is 25.8. The minimum atomic E-state index is -0.209. The maximum absolute atomic E-state index is 12.0. The Labute approximate surface area is 161 Å². The third-order valence-electron chi connectivity index (χ3n) is 4.18. The van der Waals surface area contributed by atoms with E-state index in [0.717, 1.165) is 37.2 Å². The number of halogens is 1. The van der Waals surface area contributed by atoms with Crippen LogP contribution >= 0.6 is 23.4 Å². The number of carbonyl (C=O) groups excluding carboxylic acids is 2. The summed E-state index contributed by atoms with van der Waals surface area (Å²) >= 11 is 7.43. The fraction of sp³-hybridized carbons (Fsp3) is 0.412. The Hall–Kier alpha value is -2.06. The van der Waals surface area contributed by atoms with E-state index in [2.05, 4.69) is 15.5 Å². The molecule has 2 heterocycles. The lowest BCUT2D eigenvalue weighted by Gasteiger charge is -2.15. The van der Waals surface area contributed by atoms with Gasteiger partial charge in [-0.05, 0) is 37.5 Å². The first-order valence-corrected chi connectivity index (χ1v) is 9.75. The van der Waals surface area contributed by atoms with Crippen molar-refractivity contribution in [1.29, 1.82) is 0 Å². The zero-order chi connectivity index (χ0) is 18.5. The lowest BCUT2D eigenvalue weighted by atomic mass is 10.2. The normalized spacial score (nSPS) is 13.8. The molecule has 9 heteroatoms. The molecule has 0 atom stereocenters. The molecular weight excluding hydrogens is 374 g/mol. The second-order valence-electron chi connectivity index (χ2n) is 6.07. The number of aryl methyl sites for hydroxylation is 1. The summed E-state index contributed by atoms with van der Waals surface area (Å²) in [6, 6.07) is 5.67. The van der Waals surface area contributed by atoms with Crippen molar-refractivity contribution in [2.24, 2.45) is 0 Å². The SMILES string of the molecule is Cc1ccc(-n2cnnc2SCC(=O)NCC(=O)N2CCCC2)cc1Cl. The van der Waals surface area contributed by atoms with Gasteiger partial charge in [-0.25, -0.2) is 0 Å². The van der Waals surface area contributed by atoms with Gasteiger partial charge in [0.05, 0.1) is 18.0 Å². The summed E-state index contributed by atoms with van der Waals surface area (Å²) in [5.74, 6) is -0.0803. The Morgan fingerprint density at radius 1 is 1.31 bits per heavy atom. The van der Waals surface area contributed by atoms with E-state index < -0.39 is 0 Å². The van der Waals surface area contributed by atoms with E-state index in [0.29, 0.717) is 10.2 Å². The summed E-state index contributed by atoms with van der Waals surface area (Å²) in [5.41, 5.74) is 1.82. The van der Waals surface area contributed by atoms with Crippen molar-refractivity contribution in [1.82, 2.24) is 25.0 Å². The van der Waals surface area contributed by atoms with Crippen LogP contribution in [0.3, 0.4) is 0 Å². The van der Waals surface area contributed by atoms with Gasteiger partial charge in [0, 0.05) is 18.1 Å². The molecular formula is C17H20ClN5O2S. The van der Waals surface area contributed by atoms with Gasteiger partial charge in [-0.15, -0.1) is 10.2 Å². The van der Waals surface area contributed by atoms with Gasteiger partial charge >= 0.3 is 0 Å². The quantitative estimate of drug-likeness (QED) is 0.760. The smallest absolute Gasteiger partial charge is 0.241 e. The zero-order valence-electron chi connectivity index (χ0n) is 14.4. The van der Waals surface area contributed by atoms with Crippen LogP contribution in [0.4, 0.5) is 0 Å². The highest BCUT2D eigenvalue weighted by atomic mass is 35.5. The van der Waals surface area contributed by atoms with Gasteiger partial charge in [0.25, 0.3) is 0 Å². The van der Waals surface area contributed by atoms with Crippen LogP contribution in [-0.4, -0.2) is 56.9 Å². The van der Waals surface area contributed by atoms with Gasteiger partial charge in [0.15, 0.2) is 5.16 Å². The molecule has 1 aliphatic heterocycles. The second kappa shape index (κ2) is 8.55. The number of rotatable bonds is 6. The molecule has 26 heavy (non-hydrogen) atoms. The number of benzene rings is 1. The van der Waals surface area contributed by atoms with Gasteiger partial charge in [-0.3, -0.25) is 14.2 Å². The van der Waals surface area contributed by atoms with Crippen LogP contribution in [0, 0.1) is 6.92 Å². The van der Waals surface area contributed by atoms with Gasteiger partial charge in [-0.1, -0.05) is 29.4 Å².